The zero-order chi connectivity index (χ0) is 14.7. The number of halogens is 3. The number of hydrogen-bond donors (Lipinski definition) is 1. The van der Waals surface area contributed by atoms with Crippen molar-refractivity contribution in [2.45, 2.75) is 6.54 Å². The van der Waals surface area contributed by atoms with Crippen LogP contribution in [0, 0.1) is 15.9 Å². The first-order chi connectivity index (χ1) is 9.50. The lowest BCUT2D eigenvalue weighted by atomic mass is 10.2. The fourth-order valence-corrected chi connectivity index (χ4v) is 2.10. The average Bonchev–Trinajstić information content (AvgIpc) is 2.41. The van der Waals surface area contributed by atoms with Gasteiger partial charge in [0.15, 0.2) is 5.82 Å². The van der Waals surface area contributed by atoms with Crippen LogP contribution in [0.15, 0.2) is 36.4 Å². The van der Waals surface area contributed by atoms with E-state index in [1.807, 2.05) is 0 Å². The van der Waals surface area contributed by atoms with Gasteiger partial charge in [0, 0.05) is 12.6 Å². The van der Waals surface area contributed by atoms with Crippen LogP contribution in [0.3, 0.4) is 0 Å². The van der Waals surface area contributed by atoms with Crippen molar-refractivity contribution < 1.29 is 9.31 Å². The molecule has 7 heteroatoms. The number of nitrogens with zero attached hydrogens (tertiary/aromatic N) is 1. The van der Waals surface area contributed by atoms with E-state index in [2.05, 4.69) is 5.32 Å². The molecule has 4 nitrogen and oxygen atoms in total. The van der Waals surface area contributed by atoms with Crippen LogP contribution in [0.4, 0.5) is 15.8 Å². The van der Waals surface area contributed by atoms with Crippen molar-refractivity contribution in [2.75, 3.05) is 5.32 Å². The first kappa shape index (κ1) is 14.6. The van der Waals surface area contributed by atoms with Gasteiger partial charge in [-0.2, -0.15) is 0 Å². The summed E-state index contributed by atoms with van der Waals surface area (Å²) in [5, 5.41) is 14.2. The smallest absolute Gasteiger partial charge is 0.295 e. The fraction of sp³-hybridized carbons (Fsp3) is 0.0769. The minimum Gasteiger partial charge on any atom is -0.373 e. The van der Waals surface area contributed by atoms with Gasteiger partial charge in [-0.3, -0.25) is 10.1 Å². The first-order valence-electron chi connectivity index (χ1n) is 5.60. The van der Waals surface area contributed by atoms with Gasteiger partial charge >= 0.3 is 0 Å². The number of rotatable bonds is 4. The van der Waals surface area contributed by atoms with E-state index in [-0.39, 0.29) is 17.9 Å². The van der Waals surface area contributed by atoms with Crippen molar-refractivity contribution in [3.05, 3.63) is 67.9 Å². The largest absolute Gasteiger partial charge is 0.373 e. The Bertz CT molecular complexity index is 665. The van der Waals surface area contributed by atoms with Gasteiger partial charge in [-0.1, -0.05) is 41.4 Å². The standard InChI is InChI=1S/C13H9Cl2FN2O2/c14-9-4-1-3-8(12(9)15)7-17-13-10(16)5-2-6-11(13)18(19)20/h1-6,17H,7H2. The molecular formula is C13H9Cl2FN2O2. The van der Waals surface area contributed by atoms with E-state index in [9.17, 15) is 14.5 Å². The maximum absolute atomic E-state index is 13.7. The summed E-state index contributed by atoms with van der Waals surface area (Å²) in [7, 11) is 0. The Kier molecular flexibility index (Phi) is 4.42. The molecule has 2 rings (SSSR count). The van der Waals surface area contributed by atoms with E-state index in [1.54, 1.807) is 18.2 Å². The summed E-state index contributed by atoms with van der Waals surface area (Å²) in [6, 6.07) is 8.68. The van der Waals surface area contributed by atoms with Crippen LogP contribution >= 0.6 is 23.2 Å². The van der Waals surface area contributed by atoms with Crippen LogP contribution in [0.5, 0.6) is 0 Å². The molecule has 0 fully saturated rings. The highest BCUT2D eigenvalue weighted by atomic mass is 35.5. The van der Waals surface area contributed by atoms with Gasteiger partial charge in [-0.25, -0.2) is 4.39 Å². The molecule has 0 amide bonds. The molecule has 0 atom stereocenters. The van der Waals surface area contributed by atoms with Crippen LogP contribution in [0.2, 0.25) is 10.0 Å². The van der Waals surface area contributed by atoms with Gasteiger partial charge in [-0.05, 0) is 17.7 Å². The molecule has 2 aromatic carbocycles. The molecule has 0 aliphatic rings. The number of para-hydroxylation sites is 1. The van der Waals surface area contributed by atoms with E-state index < -0.39 is 10.7 Å². The van der Waals surface area contributed by atoms with Crippen LogP contribution in [-0.4, -0.2) is 4.92 Å². The molecule has 0 unspecified atom stereocenters. The highest BCUT2D eigenvalue weighted by molar-refractivity contribution is 6.42. The number of nitro groups is 1. The summed E-state index contributed by atoms with van der Waals surface area (Å²) >= 11 is 11.9. The van der Waals surface area contributed by atoms with E-state index in [0.29, 0.717) is 15.6 Å². The molecule has 0 bridgehead atoms. The van der Waals surface area contributed by atoms with E-state index in [4.69, 9.17) is 23.2 Å². The van der Waals surface area contributed by atoms with Crippen molar-refractivity contribution in [2.24, 2.45) is 0 Å². The van der Waals surface area contributed by atoms with Crippen molar-refractivity contribution in [3.63, 3.8) is 0 Å². The third kappa shape index (κ3) is 3.00. The number of hydrogen-bond acceptors (Lipinski definition) is 3. The second-order valence-electron chi connectivity index (χ2n) is 3.96. The molecule has 0 aromatic heterocycles. The predicted octanol–water partition coefficient (Wildman–Crippen LogP) is 4.65. The second-order valence-corrected chi connectivity index (χ2v) is 4.74. The summed E-state index contributed by atoms with van der Waals surface area (Å²) in [6.45, 7) is 0.126. The van der Waals surface area contributed by atoms with Gasteiger partial charge in [0.25, 0.3) is 5.69 Å². The highest BCUT2D eigenvalue weighted by Gasteiger charge is 2.17. The Hall–Kier alpha value is -1.85. The van der Waals surface area contributed by atoms with Crippen LogP contribution < -0.4 is 5.32 Å². The number of nitrogens with one attached hydrogen (secondary N) is 1. The summed E-state index contributed by atoms with van der Waals surface area (Å²) in [5.41, 5.74) is 0.119. The van der Waals surface area contributed by atoms with Gasteiger partial charge in [0.2, 0.25) is 0 Å². The monoisotopic (exact) mass is 314 g/mol. The Labute approximate surface area is 124 Å². The molecule has 104 valence electrons. The lowest BCUT2D eigenvalue weighted by Gasteiger charge is -2.10. The van der Waals surface area contributed by atoms with Crippen molar-refractivity contribution in [1.29, 1.82) is 0 Å². The third-order valence-corrected chi connectivity index (χ3v) is 3.53. The molecule has 0 aliphatic carbocycles. The molecule has 0 radical (unpaired) electrons. The molecule has 0 aliphatic heterocycles. The molecule has 0 saturated carbocycles. The van der Waals surface area contributed by atoms with Gasteiger partial charge < -0.3 is 5.32 Å². The van der Waals surface area contributed by atoms with Crippen molar-refractivity contribution >= 4 is 34.6 Å². The minimum absolute atomic E-state index is 0.126. The average molecular weight is 315 g/mol. The van der Waals surface area contributed by atoms with E-state index in [1.165, 1.54) is 12.1 Å². The van der Waals surface area contributed by atoms with Crippen LogP contribution in [0.1, 0.15) is 5.56 Å². The summed E-state index contributed by atoms with van der Waals surface area (Å²) < 4.78 is 13.7. The molecule has 1 N–H and O–H groups in total. The lowest BCUT2D eigenvalue weighted by molar-refractivity contribution is -0.384. The highest BCUT2D eigenvalue weighted by Crippen LogP contribution is 2.30. The molecule has 20 heavy (non-hydrogen) atoms. The zero-order valence-corrected chi connectivity index (χ0v) is 11.6. The molecule has 0 heterocycles. The lowest BCUT2D eigenvalue weighted by Crippen LogP contribution is -2.05. The maximum atomic E-state index is 13.7. The van der Waals surface area contributed by atoms with E-state index >= 15 is 0 Å². The molecular weight excluding hydrogens is 306 g/mol. The molecule has 2 aromatic rings. The summed E-state index contributed by atoms with van der Waals surface area (Å²) in [6.07, 6.45) is 0. The topological polar surface area (TPSA) is 55.2 Å². The second kappa shape index (κ2) is 6.07. The van der Waals surface area contributed by atoms with Crippen molar-refractivity contribution in [3.8, 4) is 0 Å². The maximum Gasteiger partial charge on any atom is 0.295 e. The Balaban J connectivity index is 2.27. The quantitative estimate of drug-likeness (QED) is 0.660. The summed E-state index contributed by atoms with van der Waals surface area (Å²) in [4.78, 5) is 10.2. The van der Waals surface area contributed by atoms with Gasteiger partial charge in [-0.15, -0.1) is 0 Å². The third-order valence-electron chi connectivity index (χ3n) is 2.68. The Morgan fingerprint density at radius 2 is 1.90 bits per heavy atom. The van der Waals surface area contributed by atoms with Crippen molar-refractivity contribution in [1.82, 2.24) is 0 Å². The number of anilines is 1. The number of benzene rings is 2. The van der Waals surface area contributed by atoms with Crippen LogP contribution in [-0.2, 0) is 6.54 Å². The molecule has 0 spiro atoms. The number of nitro benzene ring substituents is 1. The minimum atomic E-state index is -0.697. The van der Waals surface area contributed by atoms with E-state index in [0.717, 1.165) is 6.07 Å². The van der Waals surface area contributed by atoms with Gasteiger partial charge in [0.05, 0.1) is 15.0 Å². The zero-order valence-electron chi connectivity index (χ0n) is 10.1. The SMILES string of the molecule is O=[N+]([O-])c1cccc(F)c1NCc1cccc(Cl)c1Cl. The fourth-order valence-electron chi connectivity index (χ4n) is 1.71. The summed E-state index contributed by atoms with van der Waals surface area (Å²) in [5.74, 6) is -0.697. The Morgan fingerprint density at radius 1 is 1.20 bits per heavy atom. The molecule has 0 saturated heterocycles. The van der Waals surface area contributed by atoms with Crippen LogP contribution in [0.25, 0.3) is 0 Å². The predicted molar refractivity (Wildman–Crippen MR) is 76.8 cm³/mol. The Morgan fingerprint density at radius 3 is 2.60 bits per heavy atom. The van der Waals surface area contributed by atoms with Gasteiger partial charge in [0.1, 0.15) is 5.69 Å². The first-order valence-corrected chi connectivity index (χ1v) is 6.36. The normalized spacial score (nSPS) is 10.3.